The zero-order valence-corrected chi connectivity index (χ0v) is 28.6. The maximum Gasteiger partial charge on any atom is 0.243 e. The highest BCUT2D eigenvalue weighted by atomic mass is 16.7. The van der Waals surface area contributed by atoms with E-state index in [1.165, 1.54) is 0 Å². The Morgan fingerprint density at radius 1 is 0.800 bits per heavy atom. The van der Waals surface area contributed by atoms with Crippen molar-refractivity contribution in [1.82, 2.24) is 15.7 Å². The third-order valence-corrected chi connectivity index (χ3v) is 9.85. The summed E-state index contributed by atoms with van der Waals surface area (Å²) >= 11 is 0. The summed E-state index contributed by atoms with van der Waals surface area (Å²) in [6.07, 6.45) is 4.33. The van der Waals surface area contributed by atoms with Gasteiger partial charge in [-0.1, -0.05) is 67.1 Å². The van der Waals surface area contributed by atoms with Crippen LogP contribution in [0.5, 0.6) is 0 Å². The van der Waals surface area contributed by atoms with E-state index in [2.05, 4.69) is 34.5 Å². The van der Waals surface area contributed by atoms with Crippen LogP contribution in [-0.2, 0) is 41.7 Å². The number of unbranched alkanes of at least 4 members (excludes halogenated alkanes) is 2. The van der Waals surface area contributed by atoms with Gasteiger partial charge in [0.2, 0.25) is 11.8 Å². The summed E-state index contributed by atoms with van der Waals surface area (Å²) in [6, 6.07) is 24.4. The number of rotatable bonds is 14. The number of hydrogen-bond acceptors (Lipinski definition) is 9. The Labute approximate surface area is 293 Å². The van der Waals surface area contributed by atoms with Crippen LogP contribution in [0.1, 0.15) is 86.0 Å². The summed E-state index contributed by atoms with van der Waals surface area (Å²) < 4.78 is 25.2. The lowest BCUT2D eigenvalue weighted by Crippen LogP contribution is -2.48. The van der Waals surface area contributed by atoms with Gasteiger partial charge >= 0.3 is 0 Å². The maximum absolute atomic E-state index is 12.4. The summed E-state index contributed by atoms with van der Waals surface area (Å²) in [6.45, 7) is 4.31. The van der Waals surface area contributed by atoms with Crippen LogP contribution in [0.4, 0.5) is 0 Å². The number of benzene rings is 3. The summed E-state index contributed by atoms with van der Waals surface area (Å²) in [7, 11) is 0. The molecule has 0 aromatic heterocycles. The number of aliphatic hydroxyl groups excluding tert-OH is 1. The molecule has 0 radical (unpaired) electrons. The molecular formula is C39H49N3O8. The van der Waals surface area contributed by atoms with E-state index in [0.717, 1.165) is 78.7 Å². The number of nitrogens with zero attached hydrogens (tertiary/aromatic N) is 1. The first-order valence-corrected chi connectivity index (χ1v) is 17.8. The van der Waals surface area contributed by atoms with Crippen molar-refractivity contribution in [1.29, 1.82) is 0 Å². The van der Waals surface area contributed by atoms with Gasteiger partial charge in [0.1, 0.15) is 0 Å². The van der Waals surface area contributed by atoms with E-state index in [0.29, 0.717) is 39.0 Å². The van der Waals surface area contributed by atoms with Gasteiger partial charge in [0.15, 0.2) is 12.1 Å². The van der Waals surface area contributed by atoms with E-state index in [-0.39, 0.29) is 31.1 Å². The first-order chi connectivity index (χ1) is 24.4. The Kier molecular flexibility index (Phi) is 12.6. The van der Waals surface area contributed by atoms with Gasteiger partial charge in [0, 0.05) is 63.8 Å². The normalized spacial score (nSPS) is 22.0. The molecule has 3 aliphatic rings. The predicted octanol–water partition coefficient (Wildman–Crippen LogP) is 5.30. The van der Waals surface area contributed by atoms with Crippen LogP contribution in [0.15, 0.2) is 72.8 Å². The van der Waals surface area contributed by atoms with Crippen molar-refractivity contribution in [3.05, 3.63) is 95.1 Å². The van der Waals surface area contributed by atoms with Crippen molar-refractivity contribution < 1.29 is 38.9 Å². The SMILES string of the molecule is O=C(CCCCCC(=O)NCc1cccc(-c2cccc([C@@H]3O[C@H](CN4CCC5(CC4)OCCO5)C[C@H](c4ccc(CO)cc4)O3)c2)c1)NO. The molecule has 6 rings (SSSR count). The summed E-state index contributed by atoms with van der Waals surface area (Å²) in [5, 5.41) is 21.2. The quantitative estimate of drug-likeness (QED) is 0.101. The smallest absolute Gasteiger partial charge is 0.243 e. The Morgan fingerprint density at radius 3 is 2.22 bits per heavy atom. The molecule has 3 aromatic rings. The average molecular weight is 688 g/mol. The number of likely N-dealkylation sites (tertiary alicyclic amines) is 1. The van der Waals surface area contributed by atoms with Gasteiger partial charge in [-0.2, -0.15) is 0 Å². The highest BCUT2D eigenvalue weighted by molar-refractivity contribution is 5.76. The van der Waals surface area contributed by atoms with Crippen LogP contribution in [0.25, 0.3) is 11.1 Å². The van der Waals surface area contributed by atoms with Crippen molar-refractivity contribution >= 4 is 11.8 Å². The lowest BCUT2D eigenvalue weighted by Gasteiger charge is -2.41. The highest BCUT2D eigenvalue weighted by Crippen LogP contribution is 2.40. The van der Waals surface area contributed by atoms with E-state index < -0.39 is 18.0 Å². The molecule has 3 heterocycles. The molecule has 0 unspecified atom stereocenters. The molecule has 3 atom stereocenters. The largest absolute Gasteiger partial charge is 0.392 e. The molecule has 3 fully saturated rings. The van der Waals surface area contributed by atoms with E-state index in [1.54, 1.807) is 5.48 Å². The number of piperidine rings is 1. The molecule has 50 heavy (non-hydrogen) atoms. The Hall–Kier alpha value is -3.68. The maximum atomic E-state index is 12.4. The average Bonchev–Trinajstić information content (AvgIpc) is 3.62. The van der Waals surface area contributed by atoms with E-state index in [9.17, 15) is 14.7 Å². The molecule has 3 aromatic carbocycles. The monoisotopic (exact) mass is 687 g/mol. The number of amides is 2. The van der Waals surface area contributed by atoms with E-state index >= 15 is 0 Å². The Balaban J connectivity index is 1.10. The molecular weight excluding hydrogens is 638 g/mol. The molecule has 11 heteroatoms. The fraction of sp³-hybridized carbons (Fsp3) is 0.487. The number of hydroxylamine groups is 1. The lowest BCUT2D eigenvalue weighted by atomic mass is 9.97. The molecule has 0 bridgehead atoms. The van der Waals surface area contributed by atoms with Crippen LogP contribution in [0.3, 0.4) is 0 Å². The molecule has 3 saturated heterocycles. The first kappa shape index (κ1) is 36.1. The molecule has 2 amide bonds. The Morgan fingerprint density at radius 2 is 1.50 bits per heavy atom. The molecule has 11 nitrogen and oxygen atoms in total. The van der Waals surface area contributed by atoms with Gasteiger partial charge < -0.3 is 34.3 Å². The topological polar surface area (TPSA) is 139 Å². The van der Waals surface area contributed by atoms with Crippen LogP contribution in [0.2, 0.25) is 0 Å². The standard InChI is InChI=1S/C39H49N3O8/c43-27-28-12-14-30(15-13-28)35-24-34(26-42-18-16-39(17-19-42)47-20-21-48-39)49-38(50-35)33-9-5-8-32(23-33)31-7-4-6-29(22-31)25-40-36(44)10-2-1-3-11-37(45)41-46/h4-9,12-15,22-23,34-35,38,43,46H,1-3,10-11,16-21,24-27H2,(H,40,44)(H,41,45)/t34-,35+,38+/m0/s1. The van der Waals surface area contributed by atoms with Gasteiger partial charge in [0.25, 0.3) is 0 Å². The minimum atomic E-state index is -0.561. The number of carbonyl (C=O) groups excluding carboxylic acids is 2. The summed E-state index contributed by atoms with van der Waals surface area (Å²) in [5.74, 6) is -0.858. The second-order valence-electron chi connectivity index (χ2n) is 13.5. The highest BCUT2D eigenvalue weighted by Gasteiger charge is 2.41. The zero-order valence-electron chi connectivity index (χ0n) is 28.6. The minimum absolute atomic E-state index is 0.000539. The summed E-state index contributed by atoms with van der Waals surface area (Å²) in [5.41, 5.74) is 7.54. The van der Waals surface area contributed by atoms with Crippen LogP contribution < -0.4 is 10.8 Å². The predicted molar refractivity (Wildman–Crippen MR) is 185 cm³/mol. The molecule has 4 N–H and O–H groups in total. The van der Waals surface area contributed by atoms with E-state index in [4.69, 9.17) is 24.2 Å². The van der Waals surface area contributed by atoms with Crippen molar-refractivity contribution in [3.63, 3.8) is 0 Å². The van der Waals surface area contributed by atoms with Crippen LogP contribution >= 0.6 is 0 Å². The van der Waals surface area contributed by atoms with Gasteiger partial charge in [-0.05, 0) is 52.8 Å². The van der Waals surface area contributed by atoms with Gasteiger partial charge in [-0.25, -0.2) is 5.48 Å². The van der Waals surface area contributed by atoms with Crippen molar-refractivity contribution in [2.45, 2.75) is 88.8 Å². The number of nitrogens with one attached hydrogen (secondary N) is 2. The van der Waals surface area contributed by atoms with E-state index in [1.807, 2.05) is 48.5 Å². The molecule has 1 spiro atoms. The van der Waals surface area contributed by atoms with Crippen molar-refractivity contribution in [2.75, 3.05) is 32.8 Å². The molecule has 3 aliphatic heterocycles. The third-order valence-electron chi connectivity index (χ3n) is 9.85. The van der Waals surface area contributed by atoms with Gasteiger partial charge in [0.05, 0.1) is 32.0 Å². The fourth-order valence-electron chi connectivity index (χ4n) is 7.00. The number of ether oxygens (including phenoxy) is 4. The second-order valence-corrected chi connectivity index (χ2v) is 13.5. The van der Waals surface area contributed by atoms with Crippen LogP contribution in [-0.4, -0.2) is 71.8 Å². The number of hydrogen-bond donors (Lipinski definition) is 4. The first-order valence-electron chi connectivity index (χ1n) is 17.8. The van der Waals surface area contributed by atoms with Crippen LogP contribution in [0, 0.1) is 0 Å². The fourth-order valence-corrected chi connectivity index (χ4v) is 7.00. The lowest BCUT2D eigenvalue weighted by molar-refractivity contribution is -0.255. The van der Waals surface area contributed by atoms with Gasteiger partial charge in [-0.3, -0.25) is 14.8 Å². The minimum Gasteiger partial charge on any atom is -0.392 e. The molecule has 0 saturated carbocycles. The number of aliphatic hydroxyl groups is 1. The molecule has 0 aliphatic carbocycles. The third kappa shape index (κ3) is 9.76. The van der Waals surface area contributed by atoms with Crippen molar-refractivity contribution in [3.8, 4) is 11.1 Å². The number of carbonyl (C=O) groups is 2. The molecule has 268 valence electrons. The second kappa shape index (κ2) is 17.5. The summed E-state index contributed by atoms with van der Waals surface area (Å²) in [4.78, 5) is 26.0. The van der Waals surface area contributed by atoms with Gasteiger partial charge in [-0.15, -0.1) is 0 Å². The Bertz CT molecular complexity index is 1550. The zero-order chi connectivity index (χ0) is 34.8. The van der Waals surface area contributed by atoms with Crippen molar-refractivity contribution in [2.24, 2.45) is 0 Å².